The Labute approximate surface area is 138 Å². The van der Waals surface area contributed by atoms with Crippen molar-refractivity contribution in [1.82, 2.24) is 10.6 Å². The quantitative estimate of drug-likeness (QED) is 0.557. The van der Waals surface area contributed by atoms with Crippen LogP contribution >= 0.6 is 11.6 Å². The minimum atomic E-state index is -2.98. The second-order valence-electron chi connectivity index (χ2n) is 4.80. The first-order chi connectivity index (χ1) is 10.5. The molecule has 0 atom stereocenters. The van der Waals surface area contributed by atoms with Crippen LogP contribution < -0.4 is 10.6 Å². The highest BCUT2D eigenvalue weighted by Gasteiger charge is 2.06. The number of nitrogens with one attached hydrogen (secondary N) is 2. The van der Waals surface area contributed by atoms with Gasteiger partial charge in [-0.25, -0.2) is 8.42 Å². The molecule has 1 rings (SSSR count). The van der Waals surface area contributed by atoms with Gasteiger partial charge < -0.3 is 10.6 Å². The van der Waals surface area contributed by atoms with Crippen molar-refractivity contribution in [3.05, 3.63) is 34.9 Å². The molecule has 0 radical (unpaired) electrons. The van der Waals surface area contributed by atoms with Crippen molar-refractivity contribution >= 4 is 27.4 Å². The van der Waals surface area contributed by atoms with E-state index in [9.17, 15) is 8.42 Å². The zero-order valence-corrected chi connectivity index (χ0v) is 14.7. The summed E-state index contributed by atoms with van der Waals surface area (Å²) in [4.78, 5) is 4.28. The summed E-state index contributed by atoms with van der Waals surface area (Å²) in [5.74, 6) is 0.867. The zero-order chi connectivity index (χ0) is 16.4. The number of sulfone groups is 1. The van der Waals surface area contributed by atoms with Crippen molar-refractivity contribution in [3.63, 3.8) is 0 Å². The highest BCUT2D eigenvalue weighted by atomic mass is 35.5. The van der Waals surface area contributed by atoms with E-state index in [4.69, 9.17) is 11.6 Å². The molecule has 0 aromatic heterocycles. The molecule has 0 bridgehead atoms. The predicted molar refractivity (Wildman–Crippen MR) is 93.5 cm³/mol. The molecular formula is C15H24ClN3O2S. The van der Waals surface area contributed by atoms with E-state index in [2.05, 4.69) is 15.6 Å². The second-order valence-corrected chi connectivity index (χ2v) is 7.71. The van der Waals surface area contributed by atoms with E-state index in [-0.39, 0.29) is 18.1 Å². The Kier molecular flexibility index (Phi) is 8.27. The SMILES string of the molecule is CCNC(=NCCS(=O)(=O)CC)NCCc1cccc(Cl)c1. The number of hydrogen-bond acceptors (Lipinski definition) is 3. The lowest BCUT2D eigenvalue weighted by atomic mass is 10.1. The smallest absolute Gasteiger partial charge is 0.191 e. The summed E-state index contributed by atoms with van der Waals surface area (Å²) in [5.41, 5.74) is 1.14. The number of benzene rings is 1. The maximum absolute atomic E-state index is 11.4. The van der Waals surface area contributed by atoms with Crippen LogP contribution in [0.3, 0.4) is 0 Å². The molecule has 0 unspecified atom stereocenters. The van der Waals surface area contributed by atoms with E-state index in [0.717, 1.165) is 23.6 Å². The first-order valence-corrected chi connectivity index (χ1v) is 9.64. The van der Waals surface area contributed by atoms with Gasteiger partial charge in [0.2, 0.25) is 0 Å². The van der Waals surface area contributed by atoms with Gasteiger partial charge in [0.25, 0.3) is 0 Å². The fourth-order valence-corrected chi connectivity index (χ4v) is 2.67. The van der Waals surface area contributed by atoms with Crippen molar-refractivity contribution in [3.8, 4) is 0 Å². The number of guanidine groups is 1. The summed E-state index contributed by atoms with van der Waals surface area (Å²) in [5, 5.41) is 7.02. The fraction of sp³-hybridized carbons (Fsp3) is 0.533. The van der Waals surface area contributed by atoms with Crippen molar-refractivity contribution in [2.24, 2.45) is 4.99 Å². The lowest BCUT2D eigenvalue weighted by Crippen LogP contribution is -2.38. The minimum absolute atomic E-state index is 0.0777. The van der Waals surface area contributed by atoms with Crippen LogP contribution in [-0.4, -0.2) is 45.5 Å². The first kappa shape index (κ1) is 18.8. The van der Waals surface area contributed by atoms with Gasteiger partial charge in [0.15, 0.2) is 15.8 Å². The molecule has 0 aliphatic rings. The Bertz CT molecular complexity index is 588. The fourth-order valence-electron chi connectivity index (χ4n) is 1.80. The van der Waals surface area contributed by atoms with Gasteiger partial charge in [-0.3, -0.25) is 4.99 Å². The van der Waals surface area contributed by atoms with E-state index in [1.807, 2.05) is 31.2 Å². The number of rotatable bonds is 8. The van der Waals surface area contributed by atoms with Gasteiger partial charge in [-0.1, -0.05) is 30.7 Å². The Hall–Kier alpha value is -1.27. The maximum atomic E-state index is 11.4. The van der Waals surface area contributed by atoms with Gasteiger partial charge in [0.05, 0.1) is 12.3 Å². The van der Waals surface area contributed by atoms with Gasteiger partial charge in [-0.05, 0) is 31.0 Å². The molecule has 7 heteroatoms. The molecular weight excluding hydrogens is 322 g/mol. The van der Waals surface area contributed by atoms with E-state index < -0.39 is 9.84 Å². The minimum Gasteiger partial charge on any atom is -0.357 e. The second kappa shape index (κ2) is 9.69. The van der Waals surface area contributed by atoms with Crippen molar-refractivity contribution in [2.45, 2.75) is 20.3 Å². The van der Waals surface area contributed by atoms with Crippen molar-refractivity contribution in [1.29, 1.82) is 0 Å². The van der Waals surface area contributed by atoms with Crippen LogP contribution in [0.5, 0.6) is 0 Å². The van der Waals surface area contributed by atoms with Crippen LogP contribution in [0.25, 0.3) is 0 Å². The standard InChI is InChI=1S/C15H24ClN3O2S/c1-3-17-15(19-10-11-22(20,21)4-2)18-9-8-13-6-5-7-14(16)12-13/h5-7,12H,3-4,8-11H2,1-2H3,(H2,17,18,19). The summed E-state index contributed by atoms with van der Waals surface area (Å²) < 4.78 is 22.9. The Morgan fingerprint density at radius 3 is 2.68 bits per heavy atom. The Balaban J connectivity index is 2.46. The molecule has 0 fully saturated rings. The summed E-state index contributed by atoms with van der Waals surface area (Å²) in [6.07, 6.45) is 0.818. The van der Waals surface area contributed by atoms with Gasteiger partial charge in [-0.2, -0.15) is 0 Å². The number of aliphatic imine (C=N–C) groups is 1. The molecule has 0 aliphatic carbocycles. The van der Waals surface area contributed by atoms with Crippen LogP contribution in [0.2, 0.25) is 5.02 Å². The van der Waals surface area contributed by atoms with Gasteiger partial charge in [0, 0.05) is 23.9 Å². The molecule has 22 heavy (non-hydrogen) atoms. The Morgan fingerprint density at radius 2 is 2.05 bits per heavy atom. The molecule has 0 saturated heterocycles. The van der Waals surface area contributed by atoms with Gasteiger partial charge in [0.1, 0.15) is 0 Å². The van der Waals surface area contributed by atoms with Crippen molar-refractivity contribution in [2.75, 3.05) is 31.1 Å². The van der Waals surface area contributed by atoms with E-state index in [1.54, 1.807) is 6.92 Å². The van der Waals surface area contributed by atoms with Crippen molar-refractivity contribution < 1.29 is 8.42 Å². The molecule has 0 aliphatic heterocycles. The third-order valence-electron chi connectivity index (χ3n) is 3.05. The van der Waals surface area contributed by atoms with E-state index in [1.165, 1.54) is 0 Å². The summed E-state index contributed by atoms with van der Waals surface area (Å²) in [6.45, 7) is 5.31. The summed E-state index contributed by atoms with van der Waals surface area (Å²) >= 11 is 5.95. The number of halogens is 1. The molecule has 1 aromatic rings. The molecule has 5 nitrogen and oxygen atoms in total. The Morgan fingerprint density at radius 1 is 1.27 bits per heavy atom. The van der Waals surface area contributed by atoms with Crippen LogP contribution in [0.1, 0.15) is 19.4 Å². The summed E-state index contributed by atoms with van der Waals surface area (Å²) in [7, 11) is -2.98. The molecule has 0 spiro atoms. The summed E-state index contributed by atoms with van der Waals surface area (Å²) in [6, 6.07) is 7.72. The highest BCUT2D eigenvalue weighted by Crippen LogP contribution is 2.10. The largest absolute Gasteiger partial charge is 0.357 e. The average Bonchev–Trinajstić information content (AvgIpc) is 2.47. The molecule has 0 amide bonds. The lowest BCUT2D eigenvalue weighted by Gasteiger charge is -2.11. The first-order valence-electron chi connectivity index (χ1n) is 7.44. The normalized spacial score (nSPS) is 12.2. The highest BCUT2D eigenvalue weighted by molar-refractivity contribution is 7.91. The predicted octanol–water partition coefficient (Wildman–Crippen LogP) is 1.87. The molecule has 124 valence electrons. The average molecular weight is 346 g/mol. The van der Waals surface area contributed by atoms with Crippen LogP contribution in [0, 0.1) is 0 Å². The van der Waals surface area contributed by atoms with Crippen LogP contribution in [0.15, 0.2) is 29.3 Å². The van der Waals surface area contributed by atoms with Gasteiger partial charge in [-0.15, -0.1) is 0 Å². The third kappa shape index (κ3) is 7.66. The molecule has 0 saturated carbocycles. The molecule has 2 N–H and O–H groups in total. The van der Waals surface area contributed by atoms with Crippen LogP contribution in [0.4, 0.5) is 0 Å². The maximum Gasteiger partial charge on any atom is 0.191 e. The lowest BCUT2D eigenvalue weighted by molar-refractivity contribution is 0.597. The third-order valence-corrected chi connectivity index (χ3v) is 4.97. The molecule has 0 heterocycles. The monoisotopic (exact) mass is 345 g/mol. The van der Waals surface area contributed by atoms with E-state index >= 15 is 0 Å². The topological polar surface area (TPSA) is 70.6 Å². The number of nitrogens with zero attached hydrogens (tertiary/aromatic N) is 1. The zero-order valence-electron chi connectivity index (χ0n) is 13.1. The van der Waals surface area contributed by atoms with Gasteiger partial charge >= 0.3 is 0 Å². The molecule has 1 aromatic carbocycles. The van der Waals surface area contributed by atoms with Crippen LogP contribution in [-0.2, 0) is 16.3 Å². The number of hydrogen-bond donors (Lipinski definition) is 2. The van der Waals surface area contributed by atoms with E-state index in [0.29, 0.717) is 12.5 Å².